The Labute approximate surface area is 208 Å². The summed E-state index contributed by atoms with van der Waals surface area (Å²) < 4.78 is 6.30. The monoisotopic (exact) mass is 500 g/mol. The first-order chi connectivity index (χ1) is 16.5. The lowest BCUT2D eigenvalue weighted by atomic mass is 9.96. The van der Waals surface area contributed by atoms with Gasteiger partial charge in [-0.15, -0.1) is 0 Å². The molecule has 1 aliphatic heterocycles. The number of hydrogen-bond donors (Lipinski definition) is 1. The molecule has 1 N–H and O–H groups in total. The summed E-state index contributed by atoms with van der Waals surface area (Å²) in [6.07, 6.45) is 8.67. The minimum absolute atomic E-state index is 0.270. The van der Waals surface area contributed by atoms with Crippen molar-refractivity contribution in [1.82, 2.24) is 10.3 Å². The van der Waals surface area contributed by atoms with Crippen LogP contribution in [-0.2, 0) is 6.42 Å². The van der Waals surface area contributed by atoms with Crippen LogP contribution in [0.25, 0.3) is 0 Å². The zero-order chi connectivity index (χ0) is 23.9. The third kappa shape index (κ3) is 6.52. The van der Waals surface area contributed by atoms with E-state index in [9.17, 15) is 10.0 Å². The van der Waals surface area contributed by atoms with Gasteiger partial charge in [0.05, 0.1) is 6.61 Å². The first kappa shape index (κ1) is 24.1. The highest BCUT2D eigenvalue weighted by atomic mass is 35.5. The smallest absolute Gasteiger partial charge is 0.257 e. The molecule has 0 spiro atoms. The number of anilines is 1. The highest BCUT2D eigenvalue weighted by Crippen LogP contribution is 2.23. The van der Waals surface area contributed by atoms with Gasteiger partial charge in [0.2, 0.25) is 6.20 Å². The number of hydrogen-bond acceptors (Lipinski definition) is 5. The fourth-order valence-corrected chi connectivity index (χ4v) is 4.53. The van der Waals surface area contributed by atoms with Crippen LogP contribution in [0.4, 0.5) is 5.69 Å². The SMILES string of the molecule is O=C(NCC1CCN(c2ccncc2)CC1)c1cc(OCCc2ccc(Cl)cc2Cl)c[n+]([O-])c1. The number of amides is 1. The Morgan fingerprint density at radius 1 is 1.15 bits per heavy atom. The van der Waals surface area contributed by atoms with Gasteiger partial charge in [-0.05, 0) is 48.6 Å². The highest BCUT2D eigenvalue weighted by Gasteiger charge is 2.21. The zero-order valence-electron chi connectivity index (χ0n) is 18.6. The minimum atomic E-state index is -0.285. The van der Waals surface area contributed by atoms with E-state index >= 15 is 0 Å². The van der Waals surface area contributed by atoms with Gasteiger partial charge in [0.25, 0.3) is 5.91 Å². The first-order valence-corrected chi connectivity index (χ1v) is 12.0. The molecular weight excluding hydrogens is 475 g/mol. The fraction of sp³-hybridized carbons (Fsp3) is 0.320. The number of halogens is 2. The van der Waals surface area contributed by atoms with E-state index in [2.05, 4.69) is 15.2 Å². The summed E-state index contributed by atoms with van der Waals surface area (Å²) in [6.45, 7) is 2.75. The quantitative estimate of drug-likeness (QED) is 0.368. The molecule has 1 aromatic carbocycles. The fourth-order valence-electron chi connectivity index (χ4n) is 4.02. The molecule has 1 amide bonds. The van der Waals surface area contributed by atoms with Crippen molar-refractivity contribution < 1.29 is 14.3 Å². The Bertz CT molecular complexity index is 1120. The summed E-state index contributed by atoms with van der Waals surface area (Å²) in [4.78, 5) is 19.1. The molecule has 0 atom stereocenters. The van der Waals surface area contributed by atoms with E-state index in [1.165, 1.54) is 18.1 Å². The number of ether oxygens (including phenoxy) is 1. The van der Waals surface area contributed by atoms with E-state index in [0.717, 1.165) is 31.5 Å². The van der Waals surface area contributed by atoms with Gasteiger partial charge < -0.3 is 20.2 Å². The van der Waals surface area contributed by atoms with Gasteiger partial charge in [0.1, 0.15) is 5.56 Å². The summed E-state index contributed by atoms with van der Waals surface area (Å²) in [5.41, 5.74) is 2.34. The van der Waals surface area contributed by atoms with Crippen LogP contribution in [0.5, 0.6) is 5.75 Å². The van der Waals surface area contributed by atoms with Crippen LogP contribution in [0.1, 0.15) is 28.8 Å². The van der Waals surface area contributed by atoms with Crippen molar-refractivity contribution in [1.29, 1.82) is 0 Å². The Morgan fingerprint density at radius 3 is 2.65 bits per heavy atom. The van der Waals surface area contributed by atoms with E-state index < -0.39 is 0 Å². The predicted octanol–water partition coefficient (Wildman–Crippen LogP) is 4.29. The molecule has 3 aromatic rings. The second-order valence-corrected chi connectivity index (χ2v) is 9.14. The van der Waals surface area contributed by atoms with Gasteiger partial charge in [0, 0.05) is 60.2 Å². The molecule has 34 heavy (non-hydrogen) atoms. The maximum Gasteiger partial charge on any atom is 0.257 e. The predicted molar refractivity (Wildman–Crippen MR) is 133 cm³/mol. The maximum atomic E-state index is 12.7. The summed E-state index contributed by atoms with van der Waals surface area (Å²) in [7, 11) is 0. The Hall–Kier alpha value is -3.03. The van der Waals surface area contributed by atoms with Crippen molar-refractivity contribution in [3.05, 3.63) is 87.6 Å². The van der Waals surface area contributed by atoms with Crippen molar-refractivity contribution in [2.24, 2.45) is 5.92 Å². The van der Waals surface area contributed by atoms with Crippen molar-refractivity contribution in [2.45, 2.75) is 19.3 Å². The standard InChI is InChI=1S/C25H26Cl2N4O3/c26-21-2-1-19(24(27)14-21)7-12-34-23-13-20(16-31(33)17-23)25(32)29-15-18-5-10-30(11-6-18)22-3-8-28-9-4-22/h1-4,8-9,13-14,16-18H,5-7,10-12,15H2,(H,29,32). The average Bonchev–Trinajstić information content (AvgIpc) is 2.84. The van der Waals surface area contributed by atoms with Crippen LogP contribution in [0.2, 0.25) is 10.0 Å². The van der Waals surface area contributed by atoms with Crippen LogP contribution in [-0.4, -0.2) is 37.1 Å². The van der Waals surface area contributed by atoms with Crippen molar-refractivity contribution >= 4 is 34.8 Å². The minimum Gasteiger partial charge on any atom is -0.619 e. The molecule has 0 saturated carbocycles. The Kier molecular flexibility index (Phi) is 8.08. The molecular formula is C25H26Cl2N4O3. The second-order valence-electron chi connectivity index (χ2n) is 8.30. The van der Waals surface area contributed by atoms with Gasteiger partial charge in [-0.2, -0.15) is 4.73 Å². The molecule has 0 radical (unpaired) electrons. The normalized spacial score (nSPS) is 14.1. The lowest BCUT2D eigenvalue weighted by molar-refractivity contribution is -0.605. The van der Waals surface area contributed by atoms with Gasteiger partial charge in [0.15, 0.2) is 11.9 Å². The van der Waals surface area contributed by atoms with Crippen LogP contribution in [0.15, 0.2) is 61.2 Å². The van der Waals surface area contributed by atoms with Gasteiger partial charge in [-0.1, -0.05) is 29.3 Å². The van der Waals surface area contributed by atoms with Crippen LogP contribution in [0.3, 0.4) is 0 Å². The number of benzene rings is 1. The molecule has 2 aromatic heterocycles. The molecule has 0 unspecified atom stereocenters. The molecule has 0 bridgehead atoms. The molecule has 1 fully saturated rings. The average molecular weight is 501 g/mol. The largest absolute Gasteiger partial charge is 0.619 e. The van der Waals surface area contributed by atoms with E-state index in [4.69, 9.17) is 27.9 Å². The van der Waals surface area contributed by atoms with Crippen LogP contribution < -0.4 is 19.7 Å². The molecule has 4 rings (SSSR count). The number of carbonyl (C=O) groups excluding carboxylic acids is 1. The van der Waals surface area contributed by atoms with E-state index in [-0.39, 0.29) is 11.5 Å². The number of nitrogens with one attached hydrogen (secondary N) is 1. The van der Waals surface area contributed by atoms with Crippen molar-refractivity contribution in [3.63, 3.8) is 0 Å². The lowest BCUT2D eigenvalue weighted by Crippen LogP contribution is -2.39. The molecule has 178 valence electrons. The Balaban J connectivity index is 1.26. The van der Waals surface area contributed by atoms with Gasteiger partial charge >= 0.3 is 0 Å². The molecule has 3 heterocycles. The number of aromatic nitrogens is 2. The third-order valence-electron chi connectivity index (χ3n) is 5.93. The number of piperidine rings is 1. The van der Waals surface area contributed by atoms with Gasteiger partial charge in [-0.3, -0.25) is 9.78 Å². The molecule has 7 nitrogen and oxygen atoms in total. The number of carbonyl (C=O) groups is 1. The van der Waals surface area contributed by atoms with Crippen molar-refractivity contribution in [3.8, 4) is 5.75 Å². The molecule has 1 saturated heterocycles. The molecule has 0 aliphatic carbocycles. The number of rotatable bonds is 8. The molecule has 1 aliphatic rings. The van der Waals surface area contributed by atoms with Crippen molar-refractivity contribution in [2.75, 3.05) is 31.1 Å². The zero-order valence-corrected chi connectivity index (χ0v) is 20.1. The van der Waals surface area contributed by atoms with E-state index in [1.807, 2.05) is 18.2 Å². The summed E-state index contributed by atoms with van der Waals surface area (Å²) in [5, 5.41) is 16.1. The first-order valence-electron chi connectivity index (χ1n) is 11.2. The lowest BCUT2D eigenvalue weighted by Gasteiger charge is -2.33. The highest BCUT2D eigenvalue weighted by molar-refractivity contribution is 6.35. The third-order valence-corrected chi connectivity index (χ3v) is 6.52. The summed E-state index contributed by atoms with van der Waals surface area (Å²) in [5.74, 6) is 0.440. The van der Waals surface area contributed by atoms with Crippen LogP contribution in [0, 0.1) is 11.1 Å². The molecule has 9 heteroatoms. The Morgan fingerprint density at radius 2 is 1.91 bits per heavy atom. The van der Waals surface area contributed by atoms with Crippen LogP contribution >= 0.6 is 23.2 Å². The van der Waals surface area contributed by atoms with E-state index in [0.29, 0.717) is 46.0 Å². The topological polar surface area (TPSA) is 81.4 Å². The summed E-state index contributed by atoms with van der Waals surface area (Å²) >= 11 is 12.1. The number of pyridine rings is 2. The number of nitrogens with zero attached hydrogens (tertiary/aromatic N) is 3. The van der Waals surface area contributed by atoms with Gasteiger partial charge in [-0.25, -0.2) is 0 Å². The maximum absolute atomic E-state index is 12.7. The summed E-state index contributed by atoms with van der Waals surface area (Å²) in [6, 6.07) is 10.9. The van der Waals surface area contributed by atoms with E-state index in [1.54, 1.807) is 30.6 Å². The second kappa shape index (κ2) is 11.4.